The van der Waals surface area contributed by atoms with Crippen LogP contribution in [0.4, 0.5) is 0 Å². The molecular weight excluding hydrogens is 366 g/mol. The van der Waals surface area contributed by atoms with Gasteiger partial charge < -0.3 is 15.8 Å². The second kappa shape index (κ2) is 6.75. The van der Waals surface area contributed by atoms with Crippen LogP contribution in [0, 0.1) is 0 Å². The SMILES string of the molecule is CN(CC/C(N)=N/O)C(=O)c1ccc(Br)cc1Br. The number of rotatable bonds is 4. The Balaban J connectivity index is 2.74. The summed E-state index contributed by atoms with van der Waals surface area (Å²) < 4.78 is 1.61. The molecule has 0 unspecified atom stereocenters. The van der Waals surface area contributed by atoms with Crippen LogP contribution in [0.15, 0.2) is 32.3 Å². The number of amides is 1. The number of halogens is 2. The second-order valence-corrected chi connectivity index (χ2v) is 5.46. The third-order valence-electron chi connectivity index (χ3n) is 2.34. The summed E-state index contributed by atoms with van der Waals surface area (Å²) >= 11 is 6.67. The fourth-order valence-corrected chi connectivity index (χ4v) is 2.52. The first-order valence-electron chi connectivity index (χ1n) is 5.12. The molecule has 1 rings (SSSR count). The largest absolute Gasteiger partial charge is 0.409 e. The molecule has 0 heterocycles. The first kappa shape index (κ1) is 15.0. The Kier molecular flexibility index (Phi) is 5.61. The number of nitrogens with two attached hydrogens (primary N) is 1. The van der Waals surface area contributed by atoms with Gasteiger partial charge in [0.15, 0.2) is 0 Å². The lowest BCUT2D eigenvalue weighted by atomic mass is 10.2. The van der Waals surface area contributed by atoms with Gasteiger partial charge in [-0.15, -0.1) is 0 Å². The zero-order valence-corrected chi connectivity index (χ0v) is 12.9. The molecule has 0 aromatic heterocycles. The summed E-state index contributed by atoms with van der Waals surface area (Å²) in [7, 11) is 1.67. The van der Waals surface area contributed by atoms with E-state index in [0.717, 1.165) is 8.95 Å². The molecule has 0 aliphatic heterocycles. The molecule has 7 heteroatoms. The molecule has 1 aromatic carbocycles. The van der Waals surface area contributed by atoms with Crippen LogP contribution in [-0.2, 0) is 0 Å². The third-order valence-corrected chi connectivity index (χ3v) is 3.49. The molecule has 98 valence electrons. The highest BCUT2D eigenvalue weighted by atomic mass is 79.9. The van der Waals surface area contributed by atoms with Crippen LogP contribution >= 0.6 is 31.9 Å². The third kappa shape index (κ3) is 3.99. The van der Waals surface area contributed by atoms with E-state index in [4.69, 9.17) is 10.9 Å². The van der Waals surface area contributed by atoms with Crippen LogP contribution < -0.4 is 5.73 Å². The summed E-state index contributed by atoms with van der Waals surface area (Å²) in [4.78, 5) is 13.6. The number of hydrogen-bond acceptors (Lipinski definition) is 3. The highest BCUT2D eigenvalue weighted by Crippen LogP contribution is 2.22. The van der Waals surface area contributed by atoms with Gasteiger partial charge in [-0.25, -0.2) is 0 Å². The van der Waals surface area contributed by atoms with Gasteiger partial charge in [-0.1, -0.05) is 21.1 Å². The fourth-order valence-electron chi connectivity index (χ4n) is 1.30. The van der Waals surface area contributed by atoms with E-state index in [1.54, 1.807) is 19.2 Å². The van der Waals surface area contributed by atoms with Crippen molar-refractivity contribution in [3.05, 3.63) is 32.7 Å². The average Bonchev–Trinajstić information content (AvgIpc) is 2.34. The van der Waals surface area contributed by atoms with Crippen LogP contribution in [0.1, 0.15) is 16.8 Å². The van der Waals surface area contributed by atoms with Crippen molar-refractivity contribution in [3.63, 3.8) is 0 Å². The van der Waals surface area contributed by atoms with Crippen LogP contribution in [0.3, 0.4) is 0 Å². The summed E-state index contributed by atoms with van der Waals surface area (Å²) in [6.45, 7) is 0.386. The first-order valence-corrected chi connectivity index (χ1v) is 6.71. The van der Waals surface area contributed by atoms with Crippen molar-refractivity contribution >= 4 is 43.6 Å². The van der Waals surface area contributed by atoms with Gasteiger partial charge in [-0.05, 0) is 34.1 Å². The van der Waals surface area contributed by atoms with Gasteiger partial charge >= 0.3 is 0 Å². The van der Waals surface area contributed by atoms with E-state index in [1.165, 1.54) is 4.90 Å². The van der Waals surface area contributed by atoms with E-state index in [1.807, 2.05) is 6.07 Å². The highest BCUT2D eigenvalue weighted by Gasteiger charge is 2.15. The zero-order chi connectivity index (χ0) is 13.7. The summed E-state index contributed by atoms with van der Waals surface area (Å²) in [6, 6.07) is 5.34. The van der Waals surface area contributed by atoms with Crippen molar-refractivity contribution < 1.29 is 10.0 Å². The lowest BCUT2D eigenvalue weighted by Crippen LogP contribution is -2.30. The van der Waals surface area contributed by atoms with Gasteiger partial charge in [0.1, 0.15) is 5.84 Å². The summed E-state index contributed by atoms with van der Waals surface area (Å²) in [5.74, 6) is -0.0235. The van der Waals surface area contributed by atoms with Crippen LogP contribution in [0.2, 0.25) is 0 Å². The molecule has 1 aromatic rings. The van der Waals surface area contributed by atoms with Gasteiger partial charge in [-0.3, -0.25) is 4.79 Å². The van der Waals surface area contributed by atoms with Gasteiger partial charge in [0.25, 0.3) is 5.91 Å². The highest BCUT2D eigenvalue weighted by molar-refractivity contribution is 9.11. The van der Waals surface area contributed by atoms with E-state index in [0.29, 0.717) is 18.5 Å². The normalized spacial score (nSPS) is 11.4. The Labute approximate surface area is 122 Å². The van der Waals surface area contributed by atoms with E-state index in [2.05, 4.69) is 37.0 Å². The molecule has 18 heavy (non-hydrogen) atoms. The minimum absolute atomic E-state index is 0.101. The monoisotopic (exact) mass is 377 g/mol. The quantitative estimate of drug-likeness (QED) is 0.365. The molecule has 0 atom stereocenters. The van der Waals surface area contributed by atoms with Crippen LogP contribution in [-0.4, -0.2) is 35.4 Å². The number of carbonyl (C=O) groups is 1. The molecule has 1 amide bonds. The minimum atomic E-state index is -0.125. The van der Waals surface area contributed by atoms with Gasteiger partial charge in [0.2, 0.25) is 0 Å². The molecule has 0 saturated carbocycles. The Morgan fingerprint density at radius 2 is 2.17 bits per heavy atom. The van der Waals surface area contributed by atoms with E-state index in [9.17, 15) is 4.79 Å². The maximum atomic E-state index is 12.1. The van der Waals surface area contributed by atoms with E-state index >= 15 is 0 Å². The molecule has 0 fully saturated rings. The fraction of sp³-hybridized carbons (Fsp3) is 0.273. The lowest BCUT2D eigenvalue weighted by molar-refractivity contribution is 0.0797. The molecule has 0 saturated heterocycles. The number of amidine groups is 1. The van der Waals surface area contributed by atoms with Gasteiger partial charge in [-0.2, -0.15) is 0 Å². The van der Waals surface area contributed by atoms with Crippen molar-refractivity contribution in [2.75, 3.05) is 13.6 Å². The molecule has 0 aliphatic rings. The predicted octanol–water partition coefficient (Wildman–Crippen LogP) is 2.42. The van der Waals surface area contributed by atoms with Gasteiger partial charge in [0.05, 0.1) is 5.56 Å². The summed E-state index contributed by atoms with van der Waals surface area (Å²) in [5, 5.41) is 11.3. The molecule has 5 nitrogen and oxygen atoms in total. The summed E-state index contributed by atoms with van der Waals surface area (Å²) in [6.07, 6.45) is 0.326. The number of carbonyl (C=O) groups excluding carboxylic acids is 1. The smallest absolute Gasteiger partial charge is 0.254 e. The Morgan fingerprint density at radius 3 is 2.72 bits per heavy atom. The van der Waals surface area contributed by atoms with Crippen molar-refractivity contribution in [2.45, 2.75) is 6.42 Å². The molecular formula is C11H13Br2N3O2. The second-order valence-electron chi connectivity index (χ2n) is 3.69. The van der Waals surface area contributed by atoms with Gasteiger partial charge in [0, 0.05) is 29.0 Å². The molecule has 3 N–H and O–H groups in total. The topological polar surface area (TPSA) is 78.9 Å². The lowest BCUT2D eigenvalue weighted by Gasteiger charge is -2.17. The number of hydrogen-bond donors (Lipinski definition) is 2. The summed E-state index contributed by atoms with van der Waals surface area (Å²) in [5.41, 5.74) is 5.93. The standard InChI is InChI=1S/C11H13Br2N3O2/c1-16(5-4-10(14)15-18)11(17)8-3-2-7(12)6-9(8)13/h2-3,6,18H,4-5H2,1H3,(H2,14,15). The molecule has 0 spiro atoms. The van der Waals surface area contributed by atoms with Crippen molar-refractivity contribution in [2.24, 2.45) is 10.9 Å². The number of nitrogens with zero attached hydrogens (tertiary/aromatic N) is 2. The first-order chi connectivity index (χ1) is 8.45. The molecule has 0 bridgehead atoms. The Hall–Kier alpha value is -1.08. The average molecular weight is 379 g/mol. The maximum absolute atomic E-state index is 12.1. The number of oxime groups is 1. The van der Waals surface area contributed by atoms with Crippen LogP contribution in [0.25, 0.3) is 0 Å². The van der Waals surface area contributed by atoms with E-state index < -0.39 is 0 Å². The maximum Gasteiger partial charge on any atom is 0.254 e. The predicted molar refractivity (Wildman–Crippen MR) is 76.8 cm³/mol. The van der Waals surface area contributed by atoms with Crippen molar-refractivity contribution in [1.29, 1.82) is 0 Å². The Morgan fingerprint density at radius 1 is 1.50 bits per heavy atom. The Bertz CT molecular complexity index is 477. The zero-order valence-electron chi connectivity index (χ0n) is 9.73. The molecule has 0 radical (unpaired) electrons. The van der Waals surface area contributed by atoms with E-state index in [-0.39, 0.29) is 11.7 Å². The number of benzene rings is 1. The molecule has 0 aliphatic carbocycles. The minimum Gasteiger partial charge on any atom is -0.409 e. The van der Waals surface area contributed by atoms with Crippen molar-refractivity contribution in [3.8, 4) is 0 Å². The van der Waals surface area contributed by atoms with Crippen molar-refractivity contribution in [1.82, 2.24) is 4.90 Å². The van der Waals surface area contributed by atoms with Crippen LogP contribution in [0.5, 0.6) is 0 Å².